The highest BCUT2D eigenvalue weighted by Crippen LogP contribution is 2.41. The average molecular weight is 506 g/mol. The molecule has 2 heterocycles. The van der Waals surface area contributed by atoms with Crippen LogP contribution in [0.25, 0.3) is 0 Å². The zero-order chi connectivity index (χ0) is 25.1. The molecule has 0 aromatic heterocycles. The number of carbonyl (C=O) groups is 1. The van der Waals surface area contributed by atoms with Crippen LogP contribution in [-0.2, 0) is 21.2 Å². The van der Waals surface area contributed by atoms with E-state index in [2.05, 4.69) is 5.32 Å². The van der Waals surface area contributed by atoms with Crippen LogP contribution in [0.4, 0.5) is 10.1 Å². The van der Waals surface area contributed by atoms with Gasteiger partial charge in [-0.25, -0.2) is 12.8 Å². The molecule has 2 aromatic carbocycles. The molecule has 1 saturated heterocycles. The normalized spacial score (nSPS) is 17.5. The van der Waals surface area contributed by atoms with Gasteiger partial charge in [-0.2, -0.15) is 4.31 Å². The molecule has 4 rings (SSSR count). The largest absolute Gasteiger partial charge is 0.483 e. The third-order valence-corrected chi connectivity index (χ3v) is 8.10. The van der Waals surface area contributed by atoms with Crippen LogP contribution in [0.5, 0.6) is 11.5 Å². The van der Waals surface area contributed by atoms with Crippen LogP contribution in [0.1, 0.15) is 25.8 Å². The second kappa shape index (κ2) is 10.4. The first-order valence-electron chi connectivity index (χ1n) is 11.8. The topological polar surface area (TPSA) is 88.2 Å². The van der Waals surface area contributed by atoms with E-state index in [0.717, 1.165) is 12.0 Å². The minimum absolute atomic E-state index is 0.0665. The molecule has 0 unspecified atom stereocenters. The van der Waals surface area contributed by atoms with E-state index in [1.807, 2.05) is 30.9 Å². The van der Waals surface area contributed by atoms with Gasteiger partial charge in [0.2, 0.25) is 10.0 Å². The van der Waals surface area contributed by atoms with Crippen molar-refractivity contribution in [3.63, 3.8) is 0 Å². The molecule has 2 aliphatic rings. The molecule has 1 amide bonds. The Balaban J connectivity index is 1.17. The number of carbonyl (C=O) groups excluding carboxylic acids is 1. The van der Waals surface area contributed by atoms with Gasteiger partial charge in [0.25, 0.3) is 5.91 Å². The summed E-state index contributed by atoms with van der Waals surface area (Å²) < 4.78 is 52.4. The molecule has 8 nitrogen and oxygen atoms in total. The summed E-state index contributed by atoms with van der Waals surface area (Å²) in [5.74, 6) is 0.502. The van der Waals surface area contributed by atoms with Gasteiger partial charge >= 0.3 is 0 Å². The number of anilines is 1. The number of hydrogen-bond acceptors (Lipinski definition) is 6. The molecule has 1 fully saturated rings. The number of nitrogens with one attached hydrogen (secondary N) is 1. The van der Waals surface area contributed by atoms with Crippen LogP contribution < -0.4 is 19.7 Å². The monoisotopic (exact) mass is 505 g/mol. The van der Waals surface area contributed by atoms with Crippen LogP contribution in [-0.4, -0.2) is 69.3 Å². The fraction of sp³-hybridized carbons (Fsp3) is 0.480. The average Bonchev–Trinajstić information content (AvgIpc) is 3.15. The van der Waals surface area contributed by atoms with Gasteiger partial charge in [0.1, 0.15) is 11.4 Å². The Morgan fingerprint density at radius 1 is 1.11 bits per heavy atom. The molecule has 0 aliphatic carbocycles. The van der Waals surface area contributed by atoms with Gasteiger partial charge in [0, 0.05) is 44.7 Å². The Hall–Kier alpha value is -2.85. The van der Waals surface area contributed by atoms with E-state index in [1.165, 1.54) is 10.4 Å². The molecule has 0 bridgehead atoms. The van der Waals surface area contributed by atoms with Crippen molar-refractivity contribution in [2.75, 3.05) is 50.0 Å². The number of hydrogen-bond donors (Lipinski definition) is 1. The van der Waals surface area contributed by atoms with E-state index >= 15 is 0 Å². The molecule has 2 aliphatic heterocycles. The van der Waals surface area contributed by atoms with Gasteiger partial charge in [-0.05, 0) is 38.5 Å². The lowest BCUT2D eigenvalue weighted by molar-refractivity contribution is -0.123. The lowest BCUT2D eigenvalue weighted by atomic mass is 10.0. The molecule has 0 atom stereocenters. The smallest absolute Gasteiger partial charge is 0.257 e. The summed E-state index contributed by atoms with van der Waals surface area (Å²) in [5, 5.41) is 2.71. The fourth-order valence-corrected chi connectivity index (χ4v) is 5.91. The van der Waals surface area contributed by atoms with Crippen molar-refractivity contribution in [1.82, 2.24) is 9.62 Å². The van der Waals surface area contributed by atoms with E-state index in [1.54, 1.807) is 24.3 Å². The molecule has 190 valence electrons. The molecular weight excluding hydrogens is 473 g/mol. The van der Waals surface area contributed by atoms with E-state index in [0.29, 0.717) is 49.8 Å². The first-order valence-corrected chi connectivity index (χ1v) is 13.4. The van der Waals surface area contributed by atoms with E-state index in [9.17, 15) is 17.6 Å². The Labute approximate surface area is 206 Å². The molecule has 0 saturated carbocycles. The highest BCUT2D eigenvalue weighted by molar-refractivity contribution is 7.89. The molecule has 2 aromatic rings. The minimum atomic E-state index is -3.46. The number of rotatable bonds is 9. The Morgan fingerprint density at radius 2 is 1.86 bits per heavy atom. The van der Waals surface area contributed by atoms with Crippen molar-refractivity contribution in [3.05, 3.63) is 53.8 Å². The fourth-order valence-electron chi connectivity index (χ4n) is 4.42. The number of sulfonamides is 1. The Morgan fingerprint density at radius 3 is 2.60 bits per heavy atom. The highest BCUT2D eigenvalue weighted by Gasteiger charge is 2.32. The highest BCUT2D eigenvalue weighted by atomic mass is 32.2. The first-order chi connectivity index (χ1) is 16.6. The van der Waals surface area contributed by atoms with E-state index in [-0.39, 0.29) is 36.2 Å². The summed E-state index contributed by atoms with van der Waals surface area (Å²) in [7, 11) is -3.46. The van der Waals surface area contributed by atoms with Crippen molar-refractivity contribution in [1.29, 1.82) is 0 Å². The summed E-state index contributed by atoms with van der Waals surface area (Å²) >= 11 is 0. The second-order valence-electron chi connectivity index (χ2n) is 9.43. The quantitative estimate of drug-likeness (QED) is 0.527. The Bertz CT molecular complexity index is 1160. The van der Waals surface area contributed by atoms with Crippen molar-refractivity contribution in [2.45, 2.75) is 32.3 Å². The van der Waals surface area contributed by atoms with Gasteiger partial charge < -0.3 is 19.7 Å². The van der Waals surface area contributed by atoms with E-state index in [4.69, 9.17) is 9.47 Å². The molecule has 0 radical (unpaired) electrons. The number of amides is 1. The maximum atomic E-state index is 14.0. The number of benzene rings is 2. The predicted molar refractivity (Wildman–Crippen MR) is 132 cm³/mol. The van der Waals surface area contributed by atoms with Crippen LogP contribution in [0, 0.1) is 5.82 Å². The zero-order valence-corrected chi connectivity index (χ0v) is 20.9. The molecule has 10 heteroatoms. The molecular formula is C25H32FN3O5S. The van der Waals surface area contributed by atoms with Crippen molar-refractivity contribution < 1.29 is 27.1 Å². The lowest BCUT2D eigenvalue weighted by Gasteiger charge is -2.35. The SMILES string of the molecule is CC1(C)Cc2cccc(OCC(=O)NCCCS(=O)(=O)N3CCN(c4ccccc4F)CC3)c2O1. The maximum absolute atomic E-state index is 14.0. The molecule has 35 heavy (non-hydrogen) atoms. The standard InChI is InChI=1S/C25H32FN3O5S/c1-25(2)17-19-7-5-10-22(24(19)34-25)33-18-23(30)27-11-6-16-35(31,32)29-14-12-28(13-15-29)21-9-4-3-8-20(21)26/h3-5,7-10H,6,11-18H2,1-2H3,(H,27,30). The minimum Gasteiger partial charge on any atom is -0.483 e. The lowest BCUT2D eigenvalue weighted by Crippen LogP contribution is -2.49. The maximum Gasteiger partial charge on any atom is 0.257 e. The van der Waals surface area contributed by atoms with Gasteiger partial charge in [0.05, 0.1) is 11.4 Å². The summed E-state index contributed by atoms with van der Waals surface area (Å²) in [5.41, 5.74) is 1.23. The van der Waals surface area contributed by atoms with E-state index < -0.39 is 10.0 Å². The number of para-hydroxylation sites is 2. The Kier molecular flexibility index (Phi) is 7.51. The summed E-state index contributed by atoms with van der Waals surface area (Å²) in [6, 6.07) is 12.1. The summed E-state index contributed by atoms with van der Waals surface area (Å²) in [6.45, 7) is 5.52. The predicted octanol–water partition coefficient (Wildman–Crippen LogP) is 2.58. The van der Waals surface area contributed by atoms with Gasteiger partial charge in [-0.1, -0.05) is 24.3 Å². The van der Waals surface area contributed by atoms with Gasteiger partial charge in [0.15, 0.2) is 18.1 Å². The first kappa shape index (κ1) is 25.2. The van der Waals surface area contributed by atoms with Crippen LogP contribution in [0.15, 0.2) is 42.5 Å². The molecule has 0 spiro atoms. The number of nitrogens with zero attached hydrogens (tertiary/aromatic N) is 2. The third kappa shape index (κ3) is 6.24. The number of ether oxygens (including phenoxy) is 2. The van der Waals surface area contributed by atoms with Crippen LogP contribution in [0.2, 0.25) is 0 Å². The number of piperazine rings is 1. The summed E-state index contributed by atoms with van der Waals surface area (Å²) in [4.78, 5) is 14.1. The van der Waals surface area contributed by atoms with Crippen molar-refractivity contribution >= 4 is 21.6 Å². The summed E-state index contributed by atoms with van der Waals surface area (Å²) in [6.07, 6.45) is 1.07. The third-order valence-electron chi connectivity index (χ3n) is 6.14. The van der Waals surface area contributed by atoms with Crippen LogP contribution in [0.3, 0.4) is 0 Å². The number of fused-ring (bicyclic) bond motifs is 1. The van der Waals surface area contributed by atoms with Crippen molar-refractivity contribution in [3.8, 4) is 11.5 Å². The number of halogens is 1. The van der Waals surface area contributed by atoms with Gasteiger partial charge in [-0.3, -0.25) is 4.79 Å². The zero-order valence-electron chi connectivity index (χ0n) is 20.1. The van der Waals surface area contributed by atoms with Crippen molar-refractivity contribution in [2.24, 2.45) is 0 Å². The van der Waals surface area contributed by atoms with Crippen LogP contribution >= 0.6 is 0 Å². The molecule has 1 N–H and O–H groups in total. The second-order valence-corrected chi connectivity index (χ2v) is 11.5. The van der Waals surface area contributed by atoms with Gasteiger partial charge in [-0.15, -0.1) is 0 Å².